The van der Waals surface area contributed by atoms with Gasteiger partial charge in [-0.2, -0.15) is 0 Å². The first-order valence-corrected chi connectivity index (χ1v) is 15.8. The van der Waals surface area contributed by atoms with Crippen molar-refractivity contribution in [2.24, 2.45) is 17.3 Å². The summed E-state index contributed by atoms with van der Waals surface area (Å²) in [5.74, 6) is -2.32. The smallest absolute Gasteiger partial charge is 0.249 e. The van der Waals surface area contributed by atoms with Gasteiger partial charge in [-0.05, 0) is 51.0 Å². The summed E-state index contributed by atoms with van der Waals surface area (Å²) in [6.07, 6.45) is 9.64. The summed E-state index contributed by atoms with van der Waals surface area (Å²) in [5.41, 5.74) is -2.02. The van der Waals surface area contributed by atoms with E-state index in [1.54, 1.807) is 9.80 Å². The van der Waals surface area contributed by atoms with Crippen LogP contribution in [-0.2, 0) is 25.5 Å². The van der Waals surface area contributed by atoms with Gasteiger partial charge < -0.3 is 24.5 Å². The van der Waals surface area contributed by atoms with Crippen LogP contribution in [0.15, 0.2) is 54.6 Å². The second kappa shape index (κ2) is 11.2. The van der Waals surface area contributed by atoms with E-state index in [-0.39, 0.29) is 29.7 Å². The van der Waals surface area contributed by atoms with Crippen LogP contribution in [0.5, 0.6) is 0 Å². The zero-order chi connectivity index (χ0) is 31.4. The monoisotopic (exact) mass is 591 g/mol. The Hall–Kier alpha value is -2.97. The number of likely N-dealkylation sites (tertiary alicyclic amines) is 1. The standard InChI is InChI=1S/C35H49N3O5/c1-8-18-36-19-12-16-34(7)26(29(36)40)27-30(41)38(25(22-39)21-24-14-10-9-11-15-24)28-31(42)37(20-13-17-35(27,28)43-34)33(5,6)23-32(2,3)4/h9-17,25-28,39H,8,18-23H2,1-7H3/t25-,26-,27+,28?,34+,35+/m1/s1. The first kappa shape index (κ1) is 31.5. The number of amides is 3. The van der Waals surface area contributed by atoms with Crippen LogP contribution in [0.3, 0.4) is 0 Å². The minimum Gasteiger partial charge on any atom is -0.394 e. The Bertz CT molecular complexity index is 1300. The predicted molar refractivity (Wildman–Crippen MR) is 166 cm³/mol. The van der Waals surface area contributed by atoms with Gasteiger partial charge in [0.05, 0.1) is 30.1 Å². The average Bonchev–Trinajstić information content (AvgIpc) is 3.19. The van der Waals surface area contributed by atoms with Crippen molar-refractivity contribution in [1.82, 2.24) is 14.7 Å². The summed E-state index contributed by atoms with van der Waals surface area (Å²) in [4.78, 5) is 49.3. The summed E-state index contributed by atoms with van der Waals surface area (Å²) in [6.45, 7) is 15.6. The van der Waals surface area contributed by atoms with Gasteiger partial charge in [-0.15, -0.1) is 0 Å². The van der Waals surface area contributed by atoms with Gasteiger partial charge in [0.15, 0.2) is 0 Å². The molecule has 4 aliphatic heterocycles. The summed E-state index contributed by atoms with van der Waals surface area (Å²) >= 11 is 0. The zero-order valence-electron chi connectivity index (χ0n) is 26.9. The molecule has 4 heterocycles. The van der Waals surface area contributed by atoms with Gasteiger partial charge in [0.1, 0.15) is 11.6 Å². The second-order valence-electron chi connectivity index (χ2n) is 14.9. The van der Waals surface area contributed by atoms with E-state index in [2.05, 4.69) is 34.6 Å². The third-order valence-corrected chi connectivity index (χ3v) is 9.68. The molecule has 1 unspecified atom stereocenters. The van der Waals surface area contributed by atoms with E-state index >= 15 is 0 Å². The molecule has 0 bridgehead atoms. The number of nitrogens with zero attached hydrogens (tertiary/aromatic N) is 3. The maximum Gasteiger partial charge on any atom is 0.249 e. The molecular formula is C35H49N3O5. The molecule has 0 aromatic heterocycles. The van der Waals surface area contributed by atoms with Gasteiger partial charge >= 0.3 is 0 Å². The molecule has 1 aromatic carbocycles. The van der Waals surface area contributed by atoms with Crippen molar-refractivity contribution in [3.63, 3.8) is 0 Å². The SMILES string of the molecule is CCCN1CC=C[C@]2(C)O[C@]34C=CCN(C(C)(C)CC(C)(C)C)C(=O)C3N([C@@H](CO)Cc3ccccc3)C(=O)[C@@H]4[C@@H]2C1=O. The highest BCUT2D eigenvalue weighted by molar-refractivity contribution is 6.00. The third-order valence-electron chi connectivity index (χ3n) is 9.68. The number of benzene rings is 1. The maximum atomic E-state index is 15.0. The number of carbonyl (C=O) groups excluding carboxylic acids is 3. The maximum absolute atomic E-state index is 15.0. The Balaban J connectivity index is 1.66. The van der Waals surface area contributed by atoms with Crippen molar-refractivity contribution < 1.29 is 24.2 Å². The zero-order valence-corrected chi connectivity index (χ0v) is 26.9. The molecule has 5 rings (SSSR count). The highest BCUT2D eigenvalue weighted by atomic mass is 16.5. The second-order valence-corrected chi connectivity index (χ2v) is 14.9. The molecule has 3 amide bonds. The molecule has 4 aliphatic rings. The summed E-state index contributed by atoms with van der Waals surface area (Å²) in [7, 11) is 0. The summed E-state index contributed by atoms with van der Waals surface area (Å²) in [6, 6.07) is 8.02. The van der Waals surface area contributed by atoms with E-state index < -0.39 is 40.7 Å². The van der Waals surface area contributed by atoms with Crippen LogP contribution in [0.25, 0.3) is 0 Å². The van der Waals surface area contributed by atoms with Crippen LogP contribution in [0.1, 0.15) is 66.9 Å². The number of hydrogen-bond donors (Lipinski definition) is 1. The molecule has 43 heavy (non-hydrogen) atoms. The molecule has 2 saturated heterocycles. The first-order valence-electron chi connectivity index (χ1n) is 15.8. The molecular weight excluding hydrogens is 542 g/mol. The molecule has 0 radical (unpaired) electrons. The van der Waals surface area contributed by atoms with Gasteiger partial charge in [0, 0.05) is 25.2 Å². The fourth-order valence-corrected chi connectivity index (χ4v) is 8.45. The third kappa shape index (κ3) is 5.35. The Morgan fingerprint density at radius 3 is 2.26 bits per heavy atom. The number of aliphatic hydroxyl groups is 1. The van der Waals surface area contributed by atoms with E-state index in [1.807, 2.05) is 73.4 Å². The topological polar surface area (TPSA) is 90.4 Å². The van der Waals surface area contributed by atoms with Gasteiger partial charge in [-0.1, -0.05) is 82.3 Å². The number of aliphatic hydroxyl groups excluding tert-OH is 1. The van der Waals surface area contributed by atoms with Crippen molar-refractivity contribution in [3.8, 4) is 0 Å². The van der Waals surface area contributed by atoms with E-state index in [4.69, 9.17) is 4.74 Å². The van der Waals surface area contributed by atoms with E-state index in [9.17, 15) is 19.5 Å². The van der Waals surface area contributed by atoms with E-state index in [1.165, 1.54) is 0 Å². The highest BCUT2D eigenvalue weighted by Gasteiger charge is 2.75. The Kier molecular flexibility index (Phi) is 8.18. The molecule has 1 spiro atoms. The fraction of sp³-hybridized carbons (Fsp3) is 0.629. The van der Waals surface area contributed by atoms with Crippen molar-refractivity contribution in [2.75, 3.05) is 26.2 Å². The molecule has 8 nitrogen and oxygen atoms in total. The molecule has 234 valence electrons. The van der Waals surface area contributed by atoms with Crippen LogP contribution in [0, 0.1) is 17.3 Å². The average molecular weight is 592 g/mol. The number of ether oxygens (including phenoxy) is 1. The lowest BCUT2D eigenvalue weighted by molar-refractivity contribution is -0.159. The van der Waals surface area contributed by atoms with Crippen LogP contribution < -0.4 is 0 Å². The summed E-state index contributed by atoms with van der Waals surface area (Å²) < 4.78 is 6.99. The number of hydrogen-bond acceptors (Lipinski definition) is 5. The molecule has 6 atom stereocenters. The van der Waals surface area contributed by atoms with Gasteiger partial charge in [0.2, 0.25) is 17.7 Å². The number of carbonyl (C=O) groups is 3. The van der Waals surface area contributed by atoms with Crippen LogP contribution in [0.4, 0.5) is 0 Å². The lowest BCUT2D eigenvalue weighted by atomic mass is 9.74. The lowest BCUT2D eigenvalue weighted by Crippen LogP contribution is -2.62. The molecule has 0 aliphatic carbocycles. The van der Waals surface area contributed by atoms with Crippen molar-refractivity contribution in [1.29, 1.82) is 0 Å². The Morgan fingerprint density at radius 1 is 0.953 bits per heavy atom. The van der Waals surface area contributed by atoms with Crippen molar-refractivity contribution in [2.45, 2.75) is 96.6 Å². The van der Waals surface area contributed by atoms with Crippen molar-refractivity contribution >= 4 is 17.7 Å². The van der Waals surface area contributed by atoms with E-state index in [0.717, 1.165) is 18.4 Å². The normalized spacial score (nSPS) is 31.6. The van der Waals surface area contributed by atoms with E-state index in [0.29, 0.717) is 26.1 Å². The predicted octanol–water partition coefficient (Wildman–Crippen LogP) is 3.98. The number of rotatable bonds is 8. The van der Waals surface area contributed by atoms with Gasteiger partial charge in [-0.25, -0.2) is 0 Å². The van der Waals surface area contributed by atoms with Gasteiger partial charge in [0.25, 0.3) is 0 Å². The highest BCUT2D eigenvalue weighted by Crippen LogP contribution is 2.58. The van der Waals surface area contributed by atoms with Gasteiger partial charge in [-0.3, -0.25) is 14.4 Å². The minimum atomic E-state index is -1.35. The molecule has 1 aromatic rings. The lowest BCUT2D eigenvalue weighted by Gasteiger charge is -2.45. The Labute approximate surface area is 256 Å². The van der Waals surface area contributed by atoms with Crippen LogP contribution in [0.2, 0.25) is 0 Å². The summed E-state index contributed by atoms with van der Waals surface area (Å²) in [5, 5.41) is 10.8. The first-order chi connectivity index (χ1) is 20.2. The largest absolute Gasteiger partial charge is 0.394 e. The molecule has 1 N–H and O–H groups in total. The van der Waals surface area contributed by atoms with Crippen LogP contribution >= 0.6 is 0 Å². The van der Waals surface area contributed by atoms with Crippen LogP contribution in [-0.4, -0.2) is 92.6 Å². The molecule has 8 heteroatoms. The number of fused-ring (bicyclic) bond motifs is 2. The minimum absolute atomic E-state index is 0.0450. The molecule has 0 saturated carbocycles. The van der Waals surface area contributed by atoms with Crippen molar-refractivity contribution in [3.05, 3.63) is 60.2 Å². The molecule has 2 fully saturated rings. The Morgan fingerprint density at radius 2 is 1.63 bits per heavy atom. The quantitative estimate of drug-likeness (QED) is 0.462. The fourth-order valence-electron chi connectivity index (χ4n) is 8.45.